The van der Waals surface area contributed by atoms with E-state index in [4.69, 9.17) is 5.73 Å². The third-order valence-corrected chi connectivity index (χ3v) is 2.34. The van der Waals surface area contributed by atoms with Gasteiger partial charge in [0.1, 0.15) is 36.2 Å². The standard InChI is InChI=1S/C7H13N3O5S/c8-7(16)10-9-1-2(11)4(13)6(15)5(14)3(1)12/h2-6,11-15H,(H3,8,10,16)/t2-,3-,4-,5+,6?/m0/s1. The second-order valence-electron chi connectivity index (χ2n) is 3.37. The van der Waals surface area contributed by atoms with Crippen LogP contribution in [0.5, 0.6) is 0 Å². The van der Waals surface area contributed by atoms with Crippen molar-refractivity contribution < 1.29 is 25.5 Å². The van der Waals surface area contributed by atoms with Gasteiger partial charge in [-0.1, -0.05) is 0 Å². The Kier molecular flexibility index (Phi) is 4.13. The SMILES string of the molecule is NC(=S)NN=C1[C@H](O)[C@H](O)C(O)[C@H](O)[C@H]1O. The molecule has 8 N–H and O–H groups in total. The predicted octanol–water partition coefficient (Wildman–Crippen LogP) is -4.01. The Morgan fingerprint density at radius 2 is 1.50 bits per heavy atom. The fourth-order valence-electron chi connectivity index (χ4n) is 1.35. The molecule has 0 saturated heterocycles. The lowest BCUT2D eigenvalue weighted by Crippen LogP contribution is -2.62. The molecular weight excluding hydrogens is 238 g/mol. The topological polar surface area (TPSA) is 152 Å². The molecule has 0 aromatic rings. The summed E-state index contributed by atoms with van der Waals surface area (Å²) >= 11 is 4.45. The third kappa shape index (κ3) is 2.45. The molecule has 0 spiro atoms. The first-order valence-corrected chi connectivity index (χ1v) is 4.80. The van der Waals surface area contributed by atoms with E-state index in [1.807, 2.05) is 0 Å². The summed E-state index contributed by atoms with van der Waals surface area (Å²) in [7, 11) is 0. The van der Waals surface area contributed by atoms with Crippen LogP contribution in [0.1, 0.15) is 0 Å². The van der Waals surface area contributed by atoms with Crippen LogP contribution >= 0.6 is 12.2 Å². The van der Waals surface area contributed by atoms with E-state index < -0.39 is 30.5 Å². The van der Waals surface area contributed by atoms with Gasteiger partial charge in [0.05, 0.1) is 0 Å². The number of nitrogens with zero attached hydrogens (tertiary/aromatic N) is 1. The highest BCUT2D eigenvalue weighted by Crippen LogP contribution is 2.18. The highest BCUT2D eigenvalue weighted by molar-refractivity contribution is 7.80. The zero-order chi connectivity index (χ0) is 12.5. The average Bonchev–Trinajstić information content (AvgIpc) is 2.23. The summed E-state index contributed by atoms with van der Waals surface area (Å²) in [5.74, 6) is 0. The maximum absolute atomic E-state index is 9.47. The Hall–Kier alpha value is -0.840. The second-order valence-corrected chi connectivity index (χ2v) is 3.81. The molecule has 1 rings (SSSR count). The van der Waals surface area contributed by atoms with E-state index in [1.54, 1.807) is 0 Å². The molecule has 1 fully saturated rings. The fraction of sp³-hybridized carbons (Fsp3) is 0.714. The minimum atomic E-state index is -1.66. The average molecular weight is 251 g/mol. The molecule has 5 atom stereocenters. The molecule has 9 heteroatoms. The van der Waals surface area contributed by atoms with Crippen LogP contribution in [0.3, 0.4) is 0 Å². The predicted molar refractivity (Wildman–Crippen MR) is 57.4 cm³/mol. The monoisotopic (exact) mass is 251 g/mol. The van der Waals surface area contributed by atoms with Crippen molar-refractivity contribution in [3.8, 4) is 0 Å². The fourth-order valence-corrected chi connectivity index (χ4v) is 1.40. The van der Waals surface area contributed by atoms with Crippen LogP contribution in [0.25, 0.3) is 0 Å². The smallest absolute Gasteiger partial charge is 0.184 e. The number of hydrogen-bond acceptors (Lipinski definition) is 7. The van der Waals surface area contributed by atoms with E-state index in [9.17, 15) is 25.5 Å². The summed E-state index contributed by atoms with van der Waals surface area (Å²) < 4.78 is 0. The first kappa shape index (κ1) is 13.2. The number of aliphatic hydroxyl groups excluding tert-OH is 5. The van der Waals surface area contributed by atoms with Gasteiger partial charge in [-0.3, -0.25) is 5.43 Å². The lowest BCUT2D eigenvalue weighted by molar-refractivity contribution is -0.130. The lowest BCUT2D eigenvalue weighted by atomic mass is 9.86. The van der Waals surface area contributed by atoms with E-state index in [-0.39, 0.29) is 10.8 Å². The number of hydrazone groups is 1. The van der Waals surface area contributed by atoms with Gasteiger partial charge in [-0.05, 0) is 12.2 Å². The van der Waals surface area contributed by atoms with Crippen molar-refractivity contribution in [3.63, 3.8) is 0 Å². The molecule has 0 aliphatic heterocycles. The molecule has 1 aliphatic rings. The van der Waals surface area contributed by atoms with Gasteiger partial charge < -0.3 is 31.3 Å². The Balaban J connectivity index is 2.90. The quantitative estimate of drug-likeness (QED) is 0.184. The number of nitrogens with two attached hydrogens (primary N) is 1. The van der Waals surface area contributed by atoms with E-state index >= 15 is 0 Å². The second kappa shape index (κ2) is 4.99. The summed E-state index contributed by atoms with van der Waals surface area (Å²) in [5.41, 5.74) is 6.83. The van der Waals surface area contributed by atoms with Crippen molar-refractivity contribution in [2.75, 3.05) is 0 Å². The van der Waals surface area contributed by atoms with Gasteiger partial charge in [-0.25, -0.2) is 0 Å². The van der Waals surface area contributed by atoms with Crippen LogP contribution in [0.2, 0.25) is 0 Å². The van der Waals surface area contributed by atoms with Crippen molar-refractivity contribution >= 4 is 23.0 Å². The molecule has 0 aromatic carbocycles. The molecule has 0 bridgehead atoms. The maximum atomic E-state index is 9.47. The number of hydrogen-bond donors (Lipinski definition) is 7. The molecule has 0 heterocycles. The number of thiocarbonyl (C=S) groups is 1. The van der Waals surface area contributed by atoms with Crippen molar-refractivity contribution in [1.82, 2.24) is 5.43 Å². The van der Waals surface area contributed by atoms with E-state index in [0.29, 0.717) is 0 Å². The Labute approximate surface area is 96.0 Å². The maximum Gasteiger partial charge on any atom is 0.184 e. The summed E-state index contributed by atoms with van der Waals surface area (Å²) in [4.78, 5) is 0. The first-order valence-electron chi connectivity index (χ1n) is 4.39. The molecule has 8 nitrogen and oxygen atoms in total. The van der Waals surface area contributed by atoms with Crippen LogP contribution in [0.15, 0.2) is 5.10 Å². The summed E-state index contributed by atoms with van der Waals surface area (Å²) in [5, 5.41) is 50.1. The van der Waals surface area contributed by atoms with Crippen molar-refractivity contribution in [3.05, 3.63) is 0 Å². The first-order chi connectivity index (χ1) is 7.36. The van der Waals surface area contributed by atoms with Crippen LogP contribution in [0.4, 0.5) is 0 Å². The zero-order valence-corrected chi connectivity index (χ0v) is 8.87. The van der Waals surface area contributed by atoms with Gasteiger partial charge in [-0.2, -0.15) is 5.10 Å². The Morgan fingerprint density at radius 3 is 1.88 bits per heavy atom. The van der Waals surface area contributed by atoms with Crippen LogP contribution in [-0.2, 0) is 0 Å². The van der Waals surface area contributed by atoms with Gasteiger partial charge in [0.25, 0.3) is 0 Å². The van der Waals surface area contributed by atoms with E-state index in [1.165, 1.54) is 0 Å². The molecular formula is C7H13N3O5S. The zero-order valence-electron chi connectivity index (χ0n) is 8.06. The highest BCUT2D eigenvalue weighted by Gasteiger charge is 2.46. The number of rotatable bonds is 1. The molecule has 1 aliphatic carbocycles. The van der Waals surface area contributed by atoms with Gasteiger partial charge in [-0.15, -0.1) is 0 Å². The molecule has 0 aromatic heterocycles. The summed E-state index contributed by atoms with van der Waals surface area (Å²) in [6, 6.07) is 0. The van der Waals surface area contributed by atoms with Gasteiger partial charge in [0, 0.05) is 0 Å². The summed E-state index contributed by atoms with van der Waals surface area (Å²) in [6.07, 6.45) is -8.19. The van der Waals surface area contributed by atoms with Crippen LogP contribution < -0.4 is 11.2 Å². The van der Waals surface area contributed by atoms with Gasteiger partial charge in [0.2, 0.25) is 0 Å². The summed E-state index contributed by atoms with van der Waals surface area (Å²) in [6.45, 7) is 0. The minimum absolute atomic E-state index is 0.206. The normalized spacial score (nSPS) is 42.1. The minimum Gasteiger partial charge on any atom is -0.387 e. The molecule has 0 amide bonds. The molecule has 1 saturated carbocycles. The molecule has 92 valence electrons. The third-order valence-electron chi connectivity index (χ3n) is 2.25. The number of aliphatic hydroxyl groups is 5. The molecule has 0 radical (unpaired) electrons. The van der Waals surface area contributed by atoms with Crippen molar-refractivity contribution in [2.45, 2.75) is 30.5 Å². The lowest BCUT2D eigenvalue weighted by Gasteiger charge is -2.36. The van der Waals surface area contributed by atoms with Crippen LogP contribution in [0, 0.1) is 0 Å². The Morgan fingerprint density at radius 1 is 1.06 bits per heavy atom. The molecule has 1 unspecified atom stereocenters. The van der Waals surface area contributed by atoms with Gasteiger partial charge >= 0.3 is 0 Å². The number of nitrogens with one attached hydrogen (secondary N) is 1. The van der Waals surface area contributed by atoms with Gasteiger partial charge in [0.15, 0.2) is 5.11 Å². The largest absolute Gasteiger partial charge is 0.387 e. The Bertz CT molecular complexity index is 294. The van der Waals surface area contributed by atoms with Crippen molar-refractivity contribution in [1.29, 1.82) is 0 Å². The van der Waals surface area contributed by atoms with E-state index in [0.717, 1.165) is 0 Å². The molecule has 16 heavy (non-hydrogen) atoms. The highest BCUT2D eigenvalue weighted by atomic mass is 32.1. The van der Waals surface area contributed by atoms with Crippen molar-refractivity contribution in [2.24, 2.45) is 10.8 Å². The van der Waals surface area contributed by atoms with Crippen LogP contribution in [-0.4, -0.2) is 66.9 Å². The van der Waals surface area contributed by atoms with E-state index in [2.05, 4.69) is 22.7 Å².